The second kappa shape index (κ2) is 8.13. The summed E-state index contributed by atoms with van der Waals surface area (Å²) in [5.41, 5.74) is -0.175. The first-order chi connectivity index (χ1) is 8.24. The highest BCUT2D eigenvalue weighted by Crippen LogP contribution is 2.18. The lowest BCUT2D eigenvalue weighted by atomic mass is 9.93. The van der Waals surface area contributed by atoms with Crippen molar-refractivity contribution in [3.63, 3.8) is 0 Å². The van der Waals surface area contributed by atoms with Crippen LogP contribution in [-0.2, 0) is 0 Å². The van der Waals surface area contributed by atoms with E-state index in [1.165, 1.54) is 0 Å². The largest absolute Gasteiger partial charge is 0.394 e. The fourth-order valence-electron chi connectivity index (χ4n) is 2.40. The number of nitrogens with one attached hydrogen (secondary N) is 1. The topological polar surface area (TPSA) is 35.5 Å². The molecule has 0 saturated carbocycles. The molecule has 0 aliphatic rings. The third-order valence-corrected chi connectivity index (χ3v) is 3.52. The molecule has 2 atom stereocenters. The number of likely N-dealkylation sites (N-methyl/N-ethyl adjacent to an activating group) is 1. The van der Waals surface area contributed by atoms with Crippen LogP contribution in [-0.4, -0.2) is 48.3 Å². The molecule has 0 saturated heterocycles. The minimum absolute atomic E-state index is 0.175. The molecule has 0 aromatic heterocycles. The Morgan fingerprint density at radius 3 is 1.78 bits per heavy atom. The lowest BCUT2D eigenvalue weighted by Crippen LogP contribution is -2.50. The van der Waals surface area contributed by atoms with Gasteiger partial charge < -0.3 is 15.3 Å². The number of hydrogen-bond acceptors (Lipinski definition) is 3. The second-order valence-corrected chi connectivity index (χ2v) is 6.76. The first-order valence-electron chi connectivity index (χ1n) is 7.28. The molecule has 110 valence electrons. The lowest BCUT2D eigenvalue weighted by Gasteiger charge is -2.37. The molecule has 0 aliphatic carbocycles. The van der Waals surface area contributed by atoms with Crippen LogP contribution in [0.25, 0.3) is 0 Å². The average molecular weight is 258 g/mol. The molecule has 0 fully saturated rings. The van der Waals surface area contributed by atoms with Gasteiger partial charge in [0.15, 0.2) is 0 Å². The molecular formula is C15H34N2O. The summed E-state index contributed by atoms with van der Waals surface area (Å²) in [7, 11) is 1.93. The summed E-state index contributed by atoms with van der Waals surface area (Å²) in [5.74, 6) is 1.36. The molecule has 0 radical (unpaired) electrons. The summed E-state index contributed by atoms with van der Waals surface area (Å²) in [6.07, 6.45) is 0.972. The summed E-state index contributed by atoms with van der Waals surface area (Å²) in [6.45, 7) is 15.9. The van der Waals surface area contributed by atoms with Gasteiger partial charge in [-0.1, -0.05) is 27.7 Å². The first kappa shape index (κ1) is 17.9. The van der Waals surface area contributed by atoms with Gasteiger partial charge in [-0.3, -0.25) is 0 Å². The molecule has 2 unspecified atom stereocenters. The van der Waals surface area contributed by atoms with Gasteiger partial charge in [0.2, 0.25) is 0 Å². The standard InChI is InChI=1S/C15H34N2O/c1-12(2)9-17(10-13(3)4)14(5)8-15(6,11-18)16-7/h12-14,16,18H,8-11H2,1-7H3. The number of nitrogens with zero attached hydrogens (tertiary/aromatic N) is 1. The van der Waals surface area contributed by atoms with E-state index in [1.807, 2.05) is 7.05 Å². The molecule has 3 heteroatoms. The molecule has 3 nitrogen and oxygen atoms in total. The zero-order valence-electron chi connectivity index (χ0n) is 13.5. The van der Waals surface area contributed by atoms with Crippen molar-refractivity contribution >= 4 is 0 Å². The van der Waals surface area contributed by atoms with Crippen LogP contribution in [0, 0.1) is 11.8 Å². The smallest absolute Gasteiger partial charge is 0.0611 e. The molecule has 0 bridgehead atoms. The molecule has 2 N–H and O–H groups in total. The van der Waals surface area contributed by atoms with Gasteiger partial charge in [0.1, 0.15) is 0 Å². The van der Waals surface area contributed by atoms with E-state index >= 15 is 0 Å². The maximum atomic E-state index is 9.50. The fourth-order valence-corrected chi connectivity index (χ4v) is 2.40. The van der Waals surface area contributed by atoms with E-state index in [-0.39, 0.29) is 12.1 Å². The predicted octanol–water partition coefficient (Wildman–Crippen LogP) is 2.35. The minimum atomic E-state index is -0.175. The number of aliphatic hydroxyl groups is 1. The Kier molecular flexibility index (Phi) is 8.08. The van der Waals surface area contributed by atoms with Crippen LogP contribution in [0.15, 0.2) is 0 Å². The Bertz CT molecular complexity index is 203. The van der Waals surface area contributed by atoms with Gasteiger partial charge in [0.05, 0.1) is 6.61 Å². The number of rotatable bonds is 9. The van der Waals surface area contributed by atoms with E-state index in [9.17, 15) is 5.11 Å². The van der Waals surface area contributed by atoms with E-state index in [2.05, 4.69) is 51.8 Å². The first-order valence-corrected chi connectivity index (χ1v) is 7.28. The Labute approximate surface area is 114 Å². The van der Waals surface area contributed by atoms with Gasteiger partial charge in [-0.05, 0) is 39.2 Å². The molecule has 0 spiro atoms. The Morgan fingerprint density at radius 1 is 1.06 bits per heavy atom. The summed E-state index contributed by atoms with van der Waals surface area (Å²) in [6, 6.07) is 0.486. The second-order valence-electron chi connectivity index (χ2n) is 6.76. The molecule has 0 aromatic rings. The molecule has 18 heavy (non-hydrogen) atoms. The van der Waals surface area contributed by atoms with Crippen LogP contribution in [0.2, 0.25) is 0 Å². The maximum Gasteiger partial charge on any atom is 0.0611 e. The van der Waals surface area contributed by atoms with Crippen molar-refractivity contribution in [3.8, 4) is 0 Å². The zero-order valence-corrected chi connectivity index (χ0v) is 13.5. The van der Waals surface area contributed by atoms with Crippen LogP contribution in [0.5, 0.6) is 0 Å². The predicted molar refractivity (Wildman–Crippen MR) is 79.9 cm³/mol. The Balaban J connectivity index is 4.58. The Morgan fingerprint density at radius 2 is 1.50 bits per heavy atom. The summed E-state index contributed by atoms with van der Waals surface area (Å²) >= 11 is 0. The van der Waals surface area contributed by atoms with Crippen LogP contribution in [0.3, 0.4) is 0 Å². The van der Waals surface area contributed by atoms with E-state index in [1.54, 1.807) is 0 Å². The summed E-state index contributed by atoms with van der Waals surface area (Å²) in [4.78, 5) is 2.56. The fraction of sp³-hybridized carbons (Fsp3) is 1.00. The van der Waals surface area contributed by atoms with Crippen molar-refractivity contribution in [2.75, 3.05) is 26.7 Å². The van der Waals surface area contributed by atoms with Gasteiger partial charge in [0, 0.05) is 24.7 Å². The molecule has 0 heterocycles. The number of hydrogen-bond donors (Lipinski definition) is 2. The molecular weight excluding hydrogens is 224 g/mol. The minimum Gasteiger partial charge on any atom is -0.394 e. The molecule has 0 rings (SSSR count). The average Bonchev–Trinajstić information content (AvgIpc) is 2.26. The number of aliphatic hydroxyl groups excluding tert-OH is 1. The van der Waals surface area contributed by atoms with E-state index < -0.39 is 0 Å². The van der Waals surface area contributed by atoms with Crippen LogP contribution in [0.4, 0.5) is 0 Å². The van der Waals surface area contributed by atoms with Crippen molar-refractivity contribution in [2.24, 2.45) is 11.8 Å². The van der Waals surface area contributed by atoms with Crippen LogP contribution in [0.1, 0.15) is 48.0 Å². The monoisotopic (exact) mass is 258 g/mol. The van der Waals surface area contributed by atoms with Crippen LogP contribution < -0.4 is 5.32 Å². The lowest BCUT2D eigenvalue weighted by molar-refractivity contribution is 0.104. The summed E-state index contributed by atoms with van der Waals surface area (Å²) in [5, 5.41) is 12.7. The van der Waals surface area contributed by atoms with Crippen molar-refractivity contribution in [2.45, 2.75) is 59.5 Å². The summed E-state index contributed by atoms with van der Waals surface area (Å²) < 4.78 is 0. The van der Waals surface area contributed by atoms with E-state index in [4.69, 9.17) is 0 Å². The molecule has 0 aliphatic heterocycles. The zero-order chi connectivity index (χ0) is 14.3. The maximum absolute atomic E-state index is 9.50. The van der Waals surface area contributed by atoms with E-state index in [0.29, 0.717) is 17.9 Å². The van der Waals surface area contributed by atoms with Crippen molar-refractivity contribution in [1.29, 1.82) is 0 Å². The Hall–Kier alpha value is -0.120. The normalized spacial score (nSPS) is 17.5. The molecule has 0 amide bonds. The third kappa shape index (κ3) is 6.72. The SMILES string of the molecule is CNC(C)(CO)CC(C)N(CC(C)C)CC(C)C. The quantitative estimate of drug-likeness (QED) is 0.666. The highest BCUT2D eigenvalue weighted by Gasteiger charge is 2.27. The van der Waals surface area contributed by atoms with Crippen molar-refractivity contribution in [1.82, 2.24) is 10.2 Å². The van der Waals surface area contributed by atoms with E-state index in [0.717, 1.165) is 19.5 Å². The molecule has 0 aromatic carbocycles. The van der Waals surface area contributed by atoms with Crippen LogP contribution >= 0.6 is 0 Å². The van der Waals surface area contributed by atoms with Gasteiger partial charge in [-0.2, -0.15) is 0 Å². The highest BCUT2D eigenvalue weighted by molar-refractivity contribution is 4.86. The van der Waals surface area contributed by atoms with Gasteiger partial charge >= 0.3 is 0 Å². The van der Waals surface area contributed by atoms with Crippen molar-refractivity contribution in [3.05, 3.63) is 0 Å². The van der Waals surface area contributed by atoms with Gasteiger partial charge in [-0.25, -0.2) is 0 Å². The van der Waals surface area contributed by atoms with Gasteiger partial charge in [-0.15, -0.1) is 0 Å². The van der Waals surface area contributed by atoms with Gasteiger partial charge in [0.25, 0.3) is 0 Å². The highest BCUT2D eigenvalue weighted by atomic mass is 16.3. The van der Waals surface area contributed by atoms with Crippen molar-refractivity contribution < 1.29 is 5.11 Å². The third-order valence-electron chi connectivity index (χ3n) is 3.52.